The number of carbonyl (C=O) groups is 2. The van der Waals surface area contributed by atoms with Crippen LogP contribution in [0.4, 0.5) is 0 Å². The van der Waals surface area contributed by atoms with E-state index >= 15 is 0 Å². The van der Waals surface area contributed by atoms with Gasteiger partial charge < -0.3 is 10.4 Å². The normalized spacial score (nSPS) is 25.9. The Morgan fingerprint density at radius 2 is 2.06 bits per heavy atom. The highest BCUT2D eigenvalue weighted by molar-refractivity contribution is 5.77. The predicted octanol–water partition coefficient (Wildman–Crippen LogP) is 0.840. The zero-order valence-corrected chi connectivity index (χ0v) is 10.9. The number of carbonyl (C=O) groups excluding carboxylic acids is 1. The van der Waals surface area contributed by atoms with E-state index in [4.69, 9.17) is 5.11 Å². The zero-order chi connectivity index (χ0) is 13.1. The minimum absolute atomic E-state index is 0.00797. The van der Waals surface area contributed by atoms with E-state index in [2.05, 4.69) is 10.2 Å². The molecule has 2 fully saturated rings. The van der Waals surface area contributed by atoms with Crippen molar-refractivity contribution < 1.29 is 14.7 Å². The molecule has 1 saturated heterocycles. The van der Waals surface area contributed by atoms with Crippen molar-refractivity contribution in [1.82, 2.24) is 10.2 Å². The fraction of sp³-hybridized carbons (Fsp3) is 0.846. The van der Waals surface area contributed by atoms with Gasteiger partial charge in [-0.05, 0) is 25.2 Å². The minimum Gasteiger partial charge on any atom is -0.481 e. The Kier molecular flexibility index (Phi) is 4.22. The zero-order valence-electron chi connectivity index (χ0n) is 10.9. The second-order valence-electron chi connectivity index (χ2n) is 5.69. The molecule has 2 atom stereocenters. The SMILES string of the molecule is CC(CC(=O)O)CC(=O)NC1CCN(C2CC2)C1. The summed E-state index contributed by atoms with van der Waals surface area (Å²) in [4.78, 5) is 24.7. The fourth-order valence-corrected chi connectivity index (χ4v) is 2.65. The quantitative estimate of drug-likeness (QED) is 0.737. The molecule has 18 heavy (non-hydrogen) atoms. The Balaban J connectivity index is 1.66. The standard InChI is InChI=1S/C13H22N2O3/c1-9(7-13(17)18)6-12(16)14-10-4-5-15(8-10)11-2-3-11/h9-11H,2-8H2,1H3,(H,14,16)(H,17,18). The van der Waals surface area contributed by atoms with E-state index < -0.39 is 5.97 Å². The van der Waals surface area contributed by atoms with Gasteiger partial charge >= 0.3 is 5.97 Å². The van der Waals surface area contributed by atoms with Crippen LogP contribution in [0.2, 0.25) is 0 Å². The van der Waals surface area contributed by atoms with Gasteiger partial charge in [0.25, 0.3) is 0 Å². The smallest absolute Gasteiger partial charge is 0.303 e. The Morgan fingerprint density at radius 1 is 1.33 bits per heavy atom. The summed E-state index contributed by atoms with van der Waals surface area (Å²) in [6, 6.07) is 1.02. The molecule has 2 unspecified atom stereocenters. The van der Waals surface area contributed by atoms with E-state index in [-0.39, 0.29) is 24.3 Å². The van der Waals surface area contributed by atoms with Crippen molar-refractivity contribution in [3.05, 3.63) is 0 Å². The molecule has 1 saturated carbocycles. The number of nitrogens with one attached hydrogen (secondary N) is 1. The van der Waals surface area contributed by atoms with E-state index in [1.165, 1.54) is 12.8 Å². The average Bonchev–Trinajstić information content (AvgIpc) is 2.99. The van der Waals surface area contributed by atoms with Gasteiger partial charge in [0.05, 0.1) is 0 Å². The van der Waals surface area contributed by atoms with Crippen LogP contribution in [0, 0.1) is 5.92 Å². The monoisotopic (exact) mass is 254 g/mol. The number of rotatable bonds is 6. The number of hydrogen-bond donors (Lipinski definition) is 2. The molecule has 1 amide bonds. The van der Waals surface area contributed by atoms with Crippen LogP contribution in [-0.2, 0) is 9.59 Å². The van der Waals surface area contributed by atoms with Crippen molar-refractivity contribution in [2.45, 2.75) is 51.1 Å². The van der Waals surface area contributed by atoms with Gasteiger partial charge in [0.2, 0.25) is 5.91 Å². The van der Waals surface area contributed by atoms with Gasteiger partial charge in [-0.3, -0.25) is 14.5 Å². The van der Waals surface area contributed by atoms with Crippen molar-refractivity contribution in [2.24, 2.45) is 5.92 Å². The molecule has 2 aliphatic rings. The molecule has 1 aliphatic heterocycles. The van der Waals surface area contributed by atoms with E-state index in [1.54, 1.807) is 6.92 Å². The van der Waals surface area contributed by atoms with Crippen LogP contribution in [0.3, 0.4) is 0 Å². The minimum atomic E-state index is -0.837. The number of amides is 1. The van der Waals surface area contributed by atoms with E-state index in [0.717, 1.165) is 25.6 Å². The third-order valence-corrected chi connectivity index (χ3v) is 3.70. The molecule has 0 aromatic heterocycles. The molecular weight excluding hydrogens is 232 g/mol. The summed E-state index contributed by atoms with van der Waals surface area (Å²) in [6.45, 7) is 3.85. The maximum atomic E-state index is 11.8. The lowest BCUT2D eigenvalue weighted by molar-refractivity contribution is -0.138. The van der Waals surface area contributed by atoms with E-state index in [9.17, 15) is 9.59 Å². The fourth-order valence-electron chi connectivity index (χ4n) is 2.65. The molecule has 0 aromatic carbocycles. The van der Waals surface area contributed by atoms with Gasteiger partial charge in [-0.25, -0.2) is 0 Å². The molecule has 5 heteroatoms. The Morgan fingerprint density at radius 3 is 2.67 bits per heavy atom. The summed E-state index contributed by atoms with van der Waals surface area (Å²) in [6.07, 6.45) is 4.00. The summed E-state index contributed by atoms with van der Waals surface area (Å²) in [5, 5.41) is 11.7. The lowest BCUT2D eigenvalue weighted by Gasteiger charge is -2.16. The average molecular weight is 254 g/mol. The molecule has 1 aliphatic carbocycles. The van der Waals surface area contributed by atoms with Crippen LogP contribution >= 0.6 is 0 Å². The highest BCUT2D eigenvalue weighted by Crippen LogP contribution is 2.29. The third kappa shape index (κ3) is 3.98. The largest absolute Gasteiger partial charge is 0.481 e. The van der Waals surface area contributed by atoms with Crippen LogP contribution < -0.4 is 5.32 Å². The molecule has 2 rings (SSSR count). The van der Waals surface area contributed by atoms with Gasteiger partial charge in [-0.15, -0.1) is 0 Å². The van der Waals surface area contributed by atoms with Gasteiger partial charge in [0.1, 0.15) is 0 Å². The molecule has 0 bridgehead atoms. The lowest BCUT2D eigenvalue weighted by atomic mass is 10.0. The Bertz CT molecular complexity index is 328. The van der Waals surface area contributed by atoms with Crippen LogP contribution in [0.25, 0.3) is 0 Å². The van der Waals surface area contributed by atoms with Crippen molar-refractivity contribution in [1.29, 1.82) is 0 Å². The number of carboxylic acids is 1. The topological polar surface area (TPSA) is 69.6 Å². The second-order valence-corrected chi connectivity index (χ2v) is 5.69. The molecule has 5 nitrogen and oxygen atoms in total. The molecular formula is C13H22N2O3. The van der Waals surface area contributed by atoms with Crippen LogP contribution in [0.15, 0.2) is 0 Å². The summed E-state index contributed by atoms with van der Waals surface area (Å²) >= 11 is 0. The number of aliphatic carboxylic acids is 1. The second kappa shape index (κ2) is 5.69. The van der Waals surface area contributed by atoms with Gasteiger partial charge in [-0.1, -0.05) is 6.92 Å². The van der Waals surface area contributed by atoms with Crippen LogP contribution in [-0.4, -0.2) is 47.1 Å². The summed E-state index contributed by atoms with van der Waals surface area (Å²) in [5.41, 5.74) is 0. The van der Waals surface area contributed by atoms with Gasteiger partial charge in [0, 0.05) is 38.0 Å². The Hall–Kier alpha value is -1.10. The van der Waals surface area contributed by atoms with Crippen molar-refractivity contribution >= 4 is 11.9 Å². The Labute approximate surface area is 108 Å². The van der Waals surface area contributed by atoms with Crippen LogP contribution in [0.5, 0.6) is 0 Å². The van der Waals surface area contributed by atoms with Crippen molar-refractivity contribution in [2.75, 3.05) is 13.1 Å². The number of carboxylic acid groups (broad SMARTS) is 1. The molecule has 0 aromatic rings. The predicted molar refractivity (Wildman–Crippen MR) is 67.2 cm³/mol. The third-order valence-electron chi connectivity index (χ3n) is 3.70. The van der Waals surface area contributed by atoms with Crippen molar-refractivity contribution in [3.8, 4) is 0 Å². The summed E-state index contributed by atoms with van der Waals surface area (Å²) in [5.74, 6) is -0.939. The number of likely N-dealkylation sites (tertiary alicyclic amines) is 1. The first-order valence-electron chi connectivity index (χ1n) is 6.80. The number of nitrogens with zero attached hydrogens (tertiary/aromatic N) is 1. The molecule has 1 heterocycles. The summed E-state index contributed by atoms with van der Waals surface area (Å²) < 4.78 is 0. The molecule has 0 radical (unpaired) electrons. The maximum absolute atomic E-state index is 11.8. The number of hydrogen-bond acceptors (Lipinski definition) is 3. The maximum Gasteiger partial charge on any atom is 0.303 e. The van der Waals surface area contributed by atoms with Crippen molar-refractivity contribution in [3.63, 3.8) is 0 Å². The van der Waals surface area contributed by atoms with E-state index in [1.807, 2.05) is 0 Å². The molecule has 0 spiro atoms. The lowest BCUT2D eigenvalue weighted by Crippen LogP contribution is -2.38. The summed E-state index contributed by atoms with van der Waals surface area (Å²) in [7, 11) is 0. The highest BCUT2D eigenvalue weighted by atomic mass is 16.4. The first-order chi connectivity index (χ1) is 8.54. The van der Waals surface area contributed by atoms with Gasteiger partial charge in [-0.2, -0.15) is 0 Å². The van der Waals surface area contributed by atoms with E-state index in [0.29, 0.717) is 6.42 Å². The van der Waals surface area contributed by atoms with Gasteiger partial charge in [0.15, 0.2) is 0 Å². The molecule has 2 N–H and O–H groups in total. The molecule has 102 valence electrons. The first-order valence-corrected chi connectivity index (χ1v) is 6.80. The highest BCUT2D eigenvalue weighted by Gasteiger charge is 2.34. The first kappa shape index (κ1) is 13.3. The van der Waals surface area contributed by atoms with Crippen LogP contribution in [0.1, 0.15) is 39.0 Å².